The number of pyridine rings is 1. The molecule has 7 nitrogen and oxygen atoms in total. The van der Waals surface area contributed by atoms with Crippen molar-refractivity contribution in [2.75, 3.05) is 20.1 Å². The van der Waals surface area contributed by atoms with Crippen LogP contribution in [-0.2, 0) is 0 Å². The molecule has 5 rings (SSSR count). The van der Waals surface area contributed by atoms with Gasteiger partial charge in [-0.15, -0.1) is 0 Å². The van der Waals surface area contributed by atoms with Gasteiger partial charge < -0.3 is 14.3 Å². The Morgan fingerprint density at radius 2 is 2.00 bits per heavy atom. The van der Waals surface area contributed by atoms with Crippen molar-refractivity contribution in [1.82, 2.24) is 29.2 Å². The van der Waals surface area contributed by atoms with E-state index in [1.165, 1.54) is 17.4 Å². The van der Waals surface area contributed by atoms with Crippen LogP contribution in [0.1, 0.15) is 29.5 Å². The van der Waals surface area contributed by atoms with Crippen LogP contribution in [0.15, 0.2) is 23.3 Å². The molecule has 1 aliphatic rings. The molecule has 5 heterocycles. The Hall–Kier alpha value is -2.65. The molecule has 0 amide bonds. The van der Waals surface area contributed by atoms with Crippen LogP contribution in [0, 0.1) is 12.7 Å². The Morgan fingerprint density at radius 3 is 2.79 bits per heavy atom. The highest BCUT2D eigenvalue weighted by Gasteiger charge is 2.23. The molecule has 0 spiro atoms. The van der Waals surface area contributed by atoms with Gasteiger partial charge in [0.25, 0.3) is 5.56 Å². The van der Waals surface area contributed by atoms with E-state index in [0.29, 0.717) is 27.7 Å². The van der Waals surface area contributed by atoms with Gasteiger partial charge in [0.15, 0.2) is 21.8 Å². The van der Waals surface area contributed by atoms with Crippen LogP contribution < -0.4 is 5.56 Å². The average Bonchev–Trinajstić information content (AvgIpc) is 3.26. The van der Waals surface area contributed by atoms with Crippen molar-refractivity contribution in [1.29, 1.82) is 0 Å². The lowest BCUT2D eigenvalue weighted by Crippen LogP contribution is -2.29. The highest BCUT2D eigenvalue weighted by Crippen LogP contribution is 2.32. The highest BCUT2D eigenvalue weighted by atomic mass is 32.1. The summed E-state index contributed by atoms with van der Waals surface area (Å²) in [7, 11) is 2.12. The zero-order valence-corrected chi connectivity index (χ0v) is 16.4. The first-order chi connectivity index (χ1) is 13.5. The van der Waals surface area contributed by atoms with Crippen molar-refractivity contribution in [2.24, 2.45) is 0 Å². The zero-order valence-electron chi connectivity index (χ0n) is 15.6. The number of likely N-dealkylation sites (tertiary alicyclic amines) is 1. The number of aromatic nitrogens is 5. The van der Waals surface area contributed by atoms with E-state index in [-0.39, 0.29) is 11.2 Å². The summed E-state index contributed by atoms with van der Waals surface area (Å²) in [5.74, 6) is 0.244. The SMILES string of the molecule is Cc1cn2cc(-c3nc4sc(C5CCN(C)CC5)nc4c(=O)[nH]3)cc(F)c2n1. The van der Waals surface area contributed by atoms with Gasteiger partial charge in [-0.2, -0.15) is 0 Å². The highest BCUT2D eigenvalue weighted by molar-refractivity contribution is 7.18. The Morgan fingerprint density at radius 1 is 1.21 bits per heavy atom. The molecular weight excluding hydrogens is 379 g/mol. The van der Waals surface area contributed by atoms with Crippen molar-refractivity contribution >= 4 is 27.3 Å². The van der Waals surface area contributed by atoms with Gasteiger partial charge in [0, 0.05) is 23.9 Å². The van der Waals surface area contributed by atoms with Crippen LogP contribution in [0.25, 0.3) is 27.4 Å². The summed E-state index contributed by atoms with van der Waals surface area (Å²) >= 11 is 1.47. The number of nitrogens with one attached hydrogen (secondary N) is 1. The second-order valence-electron chi connectivity index (χ2n) is 7.39. The lowest BCUT2D eigenvalue weighted by atomic mass is 9.98. The number of thiazole rings is 1. The number of rotatable bonds is 2. The third-order valence-corrected chi connectivity index (χ3v) is 6.37. The van der Waals surface area contributed by atoms with Gasteiger partial charge in [0.05, 0.1) is 10.7 Å². The number of aryl methyl sites for hydroxylation is 1. The van der Waals surface area contributed by atoms with Gasteiger partial charge in [-0.25, -0.2) is 19.3 Å². The standard InChI is InChI=1S/C19H19FN6OS/c1-10-8-26-9-12(7-13(20)16(26)21-10)15-23-17(27)14-19(24-15)28-18(22-14)11-3-5-25(2)6-4-11/h7-9,11H,3-6H2,1-2H3,(H,23,24,27). The molecule has 4 aromatic rings. The van der Waals surface area contributed by atoms with E-state index in [4.69, 9.17) is 0 Å². The van der Waals surface area contributed by atoms with Crippen molar-refractivity contribution in [3.63, 3.8) is 0 Å². The number of fused-ring (bicyclic) bond motifs is 2. The molecule has 0 aliphatic carbocycles. The lowest BCUT2D eigenvalue weighted by molar-refractivity contribution is 0.255. The van der Waals surface area contributed by atoms with E-state index in [0.717, 1.165) is 36.6 Å². The van der Waals surface area contributed by atoms with Gasteiger partial charge in [-0.3, -0.25) is 4.79 Å². The molecule has 9 heteroatoms. The van der Waals surface area contributed by atoms with Gasteiger partial charge in [0.1, 0.15) is 5.82 Å². The zero-order chi connectivity index (χ0) is 19.4. The molecule has 1 aliphatic heterocycles. The largest absolute Gasteiger partial charge is 0.306 e. The number of piperidine rings is 1. The van der Waals surface area contributed by atoms with Gasteiger partial charge in [0.2, 0.25) is 0 Å². The maximum atomic E-state index is 14.4. The first-order valence-electron chi connectivity index (χ1n) is 9.22. The predicted octanol–water partition coefficient (Wildman–Crippen LogP) is 2.95. The van der Waals surface area contributed by atoms with E-state index >= 15 is 0 Å². The average molecular weight is 398 g/mol. The van der Waals surface area contributed by atoms with E-state index in [2.05, 4.69) is 31.9 Å². The predicted molar refractivity (Wildman–Crippen MR) is 106 cm³/mol. The van der Waals surface area contributed by atoms with Gasteiger partial charge in [-0.1, -0.05) is 11.3 Å². The number of halogens is 1. The Balaban J connectivity index is 1.58. The van der Waals surface area contributed by atoms with Crippen LogP contribution in [0.3, 0.4) is 0 Å². The number of H-pyrrole nitrogens is 1. The molecule has 0 unspecified atom stereocenters. The Bertz CT molecular complexity index is 1250. The third kappa shape index (κ3) is 2.91. The van der Waals surface area contributed by atoms with Crippen molar-refractivity contribution < 1.29 is 4.39 Å². The summed E-state index contributed by atoms with van der Waals surface area (Å²) in [6.07, 6.45) is 5.52. The third-order valence-electron chi connectivity index (χ3n) is 5.25. The molecular formula is C19H19FN6OS. The van der Waals surface area contributed by atoms with Gasteiger partial charge in [-0.05, 0) is 46.0 Å². The molecule has 0 aromatic carbocycles. The Labute approximate surface area is 163 Å². The summed E-state index contributed by atoms with van der Waals surface area (Å²) in [6.45, 7) is 3.86. The summed E-state index contributed by atoms with van der Waals surface area (Å²) in [6, 6.07) is 1.35. The number of nitrogens with zero attached hydrogens (tertiary/aromatic N) is 5. The van der Waals surface area contributed by atoms with E-state index in [1.807, 2.05) is 0 Å². The summed E-state index contributed by atoms with van der Waals surface area (Å²) in [5, 5.41) is 0.963. The second kappa shape index (κ2) is 6.46. The van der Waals surface area contributed by atoms with Crippen LogP contribution in [0.2, 0.25) is 0 Å². The lowest BCUT2D eigenvalue weighted by Gasteiger charge is -2.27. The number of aromatic amines is 1. The summed E-state index contributed by atoms with van der Waals surface area (Å²) in [5.41, 5.74) is 1.54. The van der Waals surface area contributed by atoms with Crippen molar-refractivity contribution in [3.05, 3.63) is 45.3 Å². The van der Waals surface area contributed by atoms with Crippen LogP contribution >= 0.6 is 11.3 Å². The maximum Gasteiger partial charge on any atom is 0.278 e. The minimum Gasteiger partial charge on any atom is -0.306 e. The molecule has 0 saturated carbocycles. The van der Waals surface area contributed by atoms with E-state index in [1.54, 1.807) is 23.7 Å². The molecule has 0 atom stereocenters. The van der Waals surface area contributed by atoms with E-state index in [9.17, 15) is 9.18 Å². The summed E-state index contributed by atoms with van der Waals surface area (Å²) in [4.78, 5) is 31.6. The molecule has 1 N–H and O–H groups in total. The summed E-state index contributed by atoms with van der Waals surface area (Å²) < 4.78 is 16.0. The van der Waals surface area contributed by atoms with Crippen molar-refractivity contribution in [2.45, 2.75) is 25.7 Å². The fraction of sp³-hybridized carbons (Fsp3) is 0.368. The monoisotopic (exact) mass is 398 g/mol. The Kier molecular flexibility index (Phi) is 4.02. The molecule has 1 fully saturated rings. The second-order valence-corrected chi connectivity index (χ2v) is 8.40. The molecule has 1 saturated heterocycles. The molecule has 144 valence electrons. The van der Waals surface area contributed by atoms with Crippen LogP contribution in [-0.4, -0.2) is 49.4 Å². The topological polar surface area (TPSA) is 79.2 Å². The van der Waals surface area contributed by atoms with E-state index < -0.39 is 5.82 Å². The molecule has 28 heavy (non-hydrogen) atoms. The quantitative estimate of drug-likeness (QED) is 0.562. The minimum atomic E-state index is -0.454. The molecule has 0 radical (unpaired) electrons. The molecule has 0 bridgehead atoms. The number of hydrogen-bond acceptors (Lipinski definition) is 6. The van der Waals surface area contributed by atoms with Crippen LogP contribution in [0.4, 0.5) is 4.39 Å². The number of imidazole rings is 1. The molecule has 4 aromatic heterocycles. The van der Waals surface area contributed by atoms with Crippen LogP contribution in [0.5, 0.6) is 0 Å². The smallest absolute Gasteiger partial charge is 0.278 e. The maximum absolute atomic E-state index is 14.4. The minimum absolute atomic E-state index is 0.256. The van der Waals surface area contributed by atoms with Crippen molar-refractivity contribution in [3.8, 4) is 11.4 Å². The normalized spacial score (nSPS) is 16.4. The number of hydrogen-bond donors (Lipinski definition) is 1. The fourth-order valence-corrected chi connectivity index (χ4v) is 4.83. The fourth-order valence-electron chi connectivity index (χ4n) is 3.72. The first-order valence-corrected chi connectivity index (χ1v) is 10.0. The first kappa shape index (κ1) is 17.4. The van der Waals surface area contributed by atoms with Gasteiger partial charge >= 0.3 is 0 Å².